The van der Waals surface area contributed by atoms with Gasteiger partial charge in [-0.3, -0.25) is 14.9 Å². The van der Waals surface area contributed by atoms with E-state index in [0.717, 1.165) is 92.8 Å². The molecule has 292 valence electrons. The van der Waals surface area contributed by atoms with Gasteiger partial charge in [-0.25, -0.2) is 15.0 Å². The van der Waals surface area contributed by atoms with E-state index in [1.54, 1.807) is 0 Å². The van der Waals surface area contributed by atoms with Crippen LogP contribution in [0.25, 0.3) is 0 Å². The number of likely N-dealkylation sites (tertiary alicyclic amines) is 1. The molecule has 2 amide bonds. The third-order valence-corrected chi connectivity index (χ3v) is 12.2. The normalized spacial score (nSPS) is 20.7. The lowest BCUT2D eigenvalue weighted by atomic mass is 9.88. The van der Waals surface area contributed by atoms with Crippen LogP contribution in [0.1, 0.15) is 66.8 Å². The van der Waals surface area contributed by atoms with Gasteiger partial charge in [-0.2, -0.15) is 0 Å². The number of pyridine rings is 1. The first-order valence-electron chi connectivity index (χ1n) is 20.3. The Labute approximate surface area is 328 Å². The molecule has 3 saturated heterocycles. The summed E-state index contributed by atoms with van der Waals surface area (Å²) >= 11 is 0. The van der Waals surface area contributed by atoms with Crippen molar-refractivity contribution in [1.82, 2.24) is 25.2 Å². The fourth-order valence-electron chi connectivity index (χ4n) is 8.94. The van der Waals surface area contributed by atoms with Crippen molar-refractivity contribution < 1.29 is 19.1 Å². The fraction of sp³-hybridized carbons (Fsp3) is 0.465. The Morgan fingerprint density at radius 3 is 2.46 bits per heavy atom. The van der Waals surface area contributed by atoms with Crippen LogP contribution in [0.5, 0.6) is 11.6 Å². The van der Waals surface area contributed by atoms with Gasteiger partial charge in [0.2, 0.25) is 17.7 Å². The number of carbonyl (C=O) groups excluding carboxylic acids is 2. The molecule has 5 aliphatic heterocycles. The van der Waals surface area contributed by atoms with Crippen LogP contribution in [0.15, 0.2) is 60.9 Å². The van der Waals surface area contributed by atoms with Crippen LogP contribution in [-0.2, 0) is 22.6 Å². The van der Waals surface area contributed by atoms with E-state index in [9.17, 15) is 9.59 Å². The van der Waals surface area contributed by atoms with Crippen molar-refractivity contribution in [3.8, 4) is 11.6 Å². The minimum absolute atomic E-state index is 0.228. The number of benzene rings is 2. The summed E-state index contributed by atoms with van der Waals surface area (Å²) in [4.78, 5) is 45.2. The van der Waals surface area contributed by atoms with Crippen LogP contribution >= 0.6 is 0 Å². The number of imide groups is 1. The monoisotopic (exact) mass is 757 g/mol. The van der Waals surface area contributed by atoms with E-state index >= 15 is 0 Å². The predicted octanol–water partition coefficient (Wildman–Crippen LogP) is 5.57. The second-order valence-electron chi connectivity index (χ2n) is 15.9. The molecule has 2 aromatic heterocycles. The largest absolute Gasteiger partial charge is 0.481 e. The Kier molecular flexibility index (Phi) is 10.3. The molecule has 5 aliphatic rings. The summed E-state index contributed by atoms with van der Waals surface area (Å²) in [6.45, 7) is 10.8. The number of ether oxygens (including phenoxy) is 2. The molecule has 1 atom stereocenters. The lowest BCUT2D eigenvalue weighted by molar-refractivity contribution is -0.138. The zero-order valence-corrected chi connectivity index (χ0v) is 32.1. The maximum absolute atomic E-state index is 12.1. The number of hydrogen-bond donors (Lipinski definition) is 3. The van der Waals surface area contributed by atoms with Gasteiger partial charge in [0.25, 0.3) is 5.91 Å². The average Bonchev–Trinajstić information content (AvgIpc) is 3.23. The molecule has 3 N–H and O–H groups in total. The van der Waals surface area contributed by atoms with Gasteiger partial charge in [0.05, 0.1) is 24.1 Å². The number of fused-ring (bicyclic) bond motifs is 2. The lowest BCUT2D eigenvalue weighted by Crippen LogP contribution is -2.46. The molecule has 7 heterocycles. The molecule has 13 heteroatoms. The molecule has 4 aromatic rings. The predicted molar refractivity (Wildman–Crippen MR) is 216 cm³/mol. The van der Waals surface area contributed by atoms with E-state index in [1.165, 1.54) is 36.2 Å². The average molecular weight is 758 g/mol. The highest BCUT2D eigenvalue weighted by molar-refractivity contribution is 5.99. The molecular formula is C43H51N9O4. The summed E-state index contributed by atoms with van der Waals surface area (Å²) in [7, 11) is 0. The summed E-state index contributed by atoms with van der Waals surface area (Å²) in [5.74, 6) is 2.68. The molecule has 0 bridgehead atoms. The topological polar surface area (TPSA) is 137 Å². The van der Waals surface area contributed by atoms with Gasteiger partial charge in [-0.15, -0.1) is 0 Å². The number of amides is 2. The number of anilines is 5. The third-order valence-electron chi connectivity index (χ3n) is 12.2. The first kappa shape index (κ1) is 36.2. The molecule has 3 fully saturated rings. The van der Waals surface area contributed by atoms with Gasteiger partial charge in [-0.05, 0) is 111 Å². The number of piperidine rings is 3. The highest BCUT2D eigenvalue weighted by Crippen LogP contribution is 2.37. The van der Waals surface area contributed by atoms with Gasteiger partial charge in [0.15, 0.2) is 6.10 Å². The van der Waals surface area contributed by atoms with Crippen LogP contribution in [0.4, 0.5) is 28.7 Å². The van der Waals surface area contributed by atoms with Gasteiger partial charge in [-0.1, -0.05) is 12.1 Å². The molecule has 9 rings (SSSR count). The van der Waals surface area contributed by atoms with E-state index in [-0.39, 0.29) is 11.8 Å². The number of carbonyl (C=O) groups is 2. The molecule has 1 unspecified atom stereocenters. The minimum atomic E-state index is -0.601. The Balaban J connectivity index is 0.721. The SMILES string of the molecule is Cc1c(N2CCc3cnc(Nc4ccc(N5CCC(CN6CCC(c7ccc(OC8CCC(=O)NC8=O)cc7)CC6)CC5)cc4)nc3C2)cnc2c1NCCO2. The summed E-state index contributed by atoms with van der Waals surface area (Å²) in [6, 6.07) is 16.9. The van der Waals surface area contributed by atoms with Gasteiger partial charge < -0.3 is 34.8 Å². The first-order chi connectivity index (χ1) is 27.4. The Hall–Kier alpha value is -5.43. The van der Waals surface area contributed by atoms with Crippen LogP contribution in [0.3, 0.4) is 0 Å². The third kappa shape index (κ3) is 7.95. The molecule has 13 nitrogen and oxygen atoms in total. The van der Waals surface area contributed by atoms with E-state index < -0.39 is 6.10 Å². The summed E-state index contributed by atoms with van der Waals surface area (Å²) in [5, 5.41) is 9.26. The summed E-state index contributed by atoms with van der Waals surface area (Å²) in [6.07, 6.45) is 9.66. The molecule has 0 aliphatic carbocycles. The minimum Gasteiger partial charge on any atom is -0.481 e. The second-order valence-corrected chi connectivity index (χ2v) is 15.9. The molecule has 2 aromatic carbocycles. The number of nitrogens with zero attached hydrogens (tertiary/aromatic N) is 6. The zero-order valence-electron chi connectivity index (χ0n) is 32.1. The quantitative estimate of drug-likeness (QED) is 0.184. The Morgan fingerprint density at radius 2 is 1.68 bits per heavy atom. The fourth-order valence-corrected chi connectivity index (χ4v) is 8.94. The zero-order chi connectivity index (χ0) is 38.0. The first-order valence-corrected chi connectivity index (χ1v) is 20.3. The molecule has 0 saturated carbocycles. The van der Waals surface area contributed by atoms with Crippen molar-refractivity contribution in [2.45, 2.75) is 70.4 Å². The van der Waals surface area contributed by atoms with Gasteiger partial charge >= 0.3 is 0 Å². The van der Waals surface area contributed by atoms with Gasteiger partial charge in [0.1, 0.15) is 18.0 Å². The second kappa shape index (κ2) is 16.0. The van der Waals surface area contributed by atoms with Crippen molar-refractivity contribution in [3.63, 3.8) is 0 Å². The number of nitrogens with one attached hydrogen (secondary N) is 3. The summed E-state index contributed by atoms with van der Waals surface area (Å²) in [5.41, 5.74) is 9.09. The Bertz CT molecular complexity index is 2040. The smallest absolute Gasteiger partial charge is 0.267 e. The van der Waals surface area contributed by atoms with Crippen LogP contribution in [0, 0.1) is 12.8 Å². The number of hydrogen-bond acceptors (Lipinski definition) is 12. The highest BCUT2D eigenvalue weighted by atomic mass is 16.5. The standard InChI is InChI=1S/C43H51N9O4/c1-28-37(25-45-42-40(28)44-17-23-55-42)52-22-16-32-24-46-43(48-36(32)27-52)47-33-4-6-34(7-5-33)51-20-12-29(13-21-51)26-50-18-14-31(15-19-50)30-2-8-35(9-3-30)56-38-10-11-39(53)49-41(38)54/h2-9,24-25,29,31,38,44H,10-23,26-27H2,1H3,(H,46,47,48)(H,49,53,54). The van der Waals surface area contributed by atoms with Crippen LogP contribution < -0.4 is 35.2 Å². The van der Waals surface area contributed by atoms with Crippen molar-refractivity contribution >= 4 is 40.5 Å². The van der Waals surface area contributed by atoms with Crippen molar-refractivity contribution in [1.29, 1.82) is 0 Å². The van der Waals surface area contributed by atoms with E-state index in [4.69, 9.17) is 14.5 Å². The van der Waals surface area contributed by atoms with Crippen LogP contribution in [0.2, 0.25) is 0 Å². The molecular weight excluding hydrogens is 707 g/mol. The van der Waals surface area contributed by atoms with E-state index in [2.05, 4.69) is 83.9 Å². The maximum Gasteiger partial charge on any atom is 0.267 e. The maximum atomic E-state index is 12.1. The van der Waals surface area contributed by atoms with Gasteiger partial charge in [0, 0.05) is 68.7 Å². The number of aromatic nitrogens is 3. The van der Waals surface area contributed by atoms with Crippen molar-refractivity contribution in [2.75, 3.05) is 72.9 Å². The highest BCUT2D eigenvalue weighted by Gasteiger charge is 2.29. The van der Waals surface area contributed by atoms with Crippen LogP contribution in [-0.4, -0.2) is 90.2 Å². The van der Waals surface area contributed by atoms with E-state index in [1.807, 2.05) is 24.5 Å². The van der Waals surface area contributed by atoms with Crippen molar-refractivity contribution in [2.24, 2.45) is 5.92 Å². The Morgan fingerprint density at radius 1 is 0.875 bits per heavy atom. The molecule has 0 radical (unpaired) electrons. The van der Waals surface area contributed by atoms with E-state index in [0.29, 0.717) is 49.5 Å². The number of rotatable bonds is 9. The molecule has 56 heavy (non-hydrogen) atoms. The van der Waals surface area contributed by atoms with Crippen molar-refractivity contribution in [3.05, 3.63) is 83.3 Å². The summed E-state index contributed by atoms with van der Waals surface area (Å²) < 4.78 is 11.6. The lowest BCUT2D eigenvalue weighted by Gasteiger charge is -2.38. The molecule has 0 spiro atoms.